The molecule has 0 unspecified atom stereocenters. The van der Waals surface area contributed by atoms with Gasteiger partial charge in [-0.05, 0) is 74.1 Å². The average molecular weight is 482 g/mol. The molecule has 1 saturated heterocycles. The Kier molecular flexibility index (Phi) is 8.22. The maximum absolute atomic E-state index is 13.1. The molecule has 0 aromatic heterocycles. The zero-order valence-electron chi connectivity index (χ0n) is 19.4. The quantitative estimate of drug-likeness (QED) is 0.599. The molecule has 2 aromatic carbocycles. The first-order valence-corrected chi connectivity index (χ1v) is 12.6. The van der Waals surface area contributed by atoms with Crippen molar-refractivity contribution in [2.24, 2.45) is 11.8 Å². The highest BCUT2D eigenvalue weighted by Crippen LogP contribution is 2.24. The third kappa shape index (κ3) is 6.38. The fraction of sp³-hybridized carbons (Fsp3) is 0.444. The molecule has 4 rings (SSSR count). The van der Waals surface area contributed by atoms with Crippen LogP contribution in [-0.2, 0) is 4.79 Å². The van der Waals surface area contributed by atoms with Crippen LogP contribution in [0.2, 0.25) is 5.02 Å². The van der Waals surface area contributed by atoms with E-state index in [1.165, 1.54) is 32.1 Å². The van der Waals surface area contributed by atoms with Gasteiger partial charge in [-0.1, -0.05) is 36.9 Å². The minimum absolute atomic E-state index is 0.0300. The first-order valence-electron chi connectivity index (χ1n) is 12.2. The van der Waals surface area contributed by atoms with Gasteiger partial charge in [-0.3, -0.25) is 14.4 Å². The van der Waals surface area contributed by atoms with Crippen LogP contribution in [0.4, 0.5) is 5.69 Å². The summed E-state index contributed by atoms with van der Waals surface area (Å²) in [6.07, 6.45) is 7.64. The van der Waals surface area contributed by atoms with E-state index in [0.29, 0.717) is 53.7 Å². The second kappa shape index (κ2) is 11.5. The number of benzene rings is 2. The van der Waals surface area contributed by atoms with Gasteiger partial charge in [0.2, 0.25) is 5.91 Å². The summed E-state index contributed by atoms with van der Waals surface area (Å²) in [5.41, 5.74) is 1.57. The van der Waals surface area contributed by atoms with E-state index in [-0.39, 0.29) is 23.6 Å². The Hall–Kier alpha value is -2.86. The van der Waals surface area contributed by atoms with E-state index < -0.39 is 0 Å². The highest BCUT2D eigenvalue weighted by atomic mass is 35.5. The van der Waals surface area contributed by atoms with Crippen molar-refractivity contribution >= 4 is 35.0 Å². The van der Waals surface area contributed by atoms with E-state index >= 15 is 0 Å². The van der Waals surface area contributed by atoms with Crippen molar-refractivity contribution in [3.05, 3.63) is 64.7 Å². The van der Waals surface area contributed by atoms with Crippen LogP contribution in [-0.4, -0.2) is 42.3 Å². The molecule has 2 fully saturated rings. The number of carbonyl (C=O) groups excluding carboxylic acids is 3. The van der Waals surface area contributed by atoms with E-state index in [1.807, 2.05) is 0 Å². The fourth-order valence-electron chi connectivity index (χ4n) is 4.84. The molecule has 3 amide bonds. The molecule has 2 aliphatic rings. The summed E-state index contributed by atoms with van der Waals surface area (Å²) in [7, 11) is 0. The van der Waals surface area contributed by atoms with E-state index in [1.54, 1.807) is 53.4 Å². The molecule has 7 heteroatoms. The molecule has 34 heavy (non-hydrogen) atoms. The van der Waals surface area contributed by atoms with E-state index in [2.05, 4.69) is 10.6 Å². The number of carbonyl (C=O) groups is 3. The molecule has 1 aliphatic heterocycles. The van der Waals surface area contributed by atoms with Gasteiger partial charge in [0, 0.05) is 47.4 Å². The summed E-state index contributed by atoms with van der Waals surface area (Å²) in [5.74, 6) is 0.374. The van der Waals surface area contributed by atoms with Crippen LogP contribution in [0.5, 0.6) is 0 Å². The zero-order valence-corrected chi connectivity index (χ0v) is 20.2. The standard InChI is InChI=1S/C27H32ClN3O3/c28-23-11-9-20(10-12-23)26(33)30-24-8-4-7-22(17-24)27(34)31-15-13-21(14-16-31)25(32)29-18-19-5-2-1-3-6-19/h4,7-12,17,19,21H,1-3,5-6,13-16,18H2,(H,29,32)(H,30,33). The van der Waals surface area contributed by atoms with Crippen LogP contribution in [0.1, 0.15) is 65.7 Å². The second-order valence-electron chi connectivity index (χ2n) is 9.36. The van der Waals surface area contributed by atoms with Gasteiger partial charge in [0.05, 0.1) is 0 Å². The molecule has 2 aromatic rings. The Morgan fingerprint density at radius 2 is 1.59 bits per heavy atom. The van der Waals surface area contributed by atoms with Crippen LogP contribution < -0.4 is 10.6 Å². The van der Waals surface area contributed by atoms with Crippen molar-refractivity contribution in [3.8, 4) is 0 Å². The van der Waals surface area contributed by atoms with Gasteiger partial charge >= 0.3 is 0 Å². The lowest BCUT2D eigenvalue weighted by Crippen LogP contribution is -2.43. The Labute approximate surface area is 206 Å². The van der Waals surface area contributed by atoms with E-state index in [4.69, 9.17) is 11.6 Å². The van der Waals surface area contributed by atoms with Gasteiger partial charge in [-0.2, -0.15) is 0 Å². The van der Waals surface area contributed by atoms with Crippen LogP contribution in [0.15, 0.2) is 48.5 Å². The minimum Gasteiger partial charge on any atom is -0.356 e. The third-order valence-corrected chi connectivity index (χ3v) is 7.17. The number of amides is 3. The van der Waals surface area contributed by atoms with Crippen molar-refractivity contribution < 1.29 is 14.4 Å². The third-order valence-electron chi connectivity index (χ3n) is 6.92. The first-order chi connectivity index (χ1) is 16.5. The van der Waals surface area contributed by atoms with E-state index in [9.17, 15) is 14.4 Å². The molecule has 2 N–H and O–H groups in total. The number of rotatable bonds is 6. The molecule has 6 nitrogen and oxygen atoms in total. The molecular formula is C27H32ClN3O3. The van der Waals surface area contributed by atoms with Crippen LogP contribution in [0, 0.1) is 11.8 Å². The number of anilines is 1. The summed E-state index contributed by atoms with van der Waals surface area (Å²) < 4.78 is 0. The Morgan fingerprint density at radius 3 is 2.29 bits per heavy atom. The van der Waals surface area contributed by atoms with Crippen LogP contribution in [0.3, 0.4) is 0 Å². The van der Waals surface area contributed by atoms with Crippen molar-refractivity contribution in [3.63, 3.8) is 0 Å². The van der Waals surface area contributed by atoms with E-state index in [0.717, 1.165) is 6.54 Å². The maximum Gasteiger partial charge on any atom is 0.255 e. The topological polar surface area (TPSA) is 78.5 Å². The van der Waals surface area contributed by atoms with Crippen LogP contribution >= 0.6 is 11.6 Å². The van der Waals surface area contributed by atoms with Crippen molar-refractivity contribution in [2.75, 3.05) is 25.0 Å². The monoisotopic (exact) mass is 481 g/mol. The van der Waals surface area contributed by atoms with Crippen molar-refractivity contribution in [2.45, 2.75) is 44.9 Å². The van der Waals surface area contributed by atoms with Crippen LogP contribution in [0.25, 0.3) is 0 Å². The highest BCUT2D eigenvalue weighted by Gasteiger charge is 2.28. The molecule has 180 valence electrons. The lowest BCUT2D eigenvalue weighted by Gasteiger charge is -2.32. The number of hydrogen-bond acceptors (Lipinski definition) is 3. The van der Waals surface area contributed by atoms with Gasteiger partial charge in [0.15, 0.2) is 0 Å². The average Bonchev–Trinajstić information content (AvgIpc) is 2.88. The Morgan fingerprint density at radius 1 is 0.882 bits per heavy atom. The summed E-state index contributed by atoms with van der Waals surface area (Å²) in [4.78, 5) is 39.9. The van der Waals surface area contributed by atoms with Gasteiger partial charge in [-0.25, -0.2) is 0 Å². The predicted octanol–water partition coefficient (Wildman–Crippen LogP) is 5.14. The normalized spacial score (nSPS) is 17.3. The molecule has 1 aliphatic carbocycles. The number of halogens is 1. The Balaban J connectivity index is 1.27. The highest BCUT2D eigenvalue weighted by molar-refractivity contribution is 6.30. The summed E-state index contributed by atoms with van der Waals surface area (Å²) in [6, 6.07) is 13.6. The molecule has 0 atom stereocenters. The van der Waals surface area contributed by atoms with Crippen molar-refractivity contribution in [1.29, 1.82) is 0 Å². The Bertz CT molecular complexity index is 1010. The van der Waals surface area contributed by atoms with Crippen molar-refractivity contribution in [1.82, 2.24) is 10.2 Å². The second-order valence-corrected chi connectivity index (χ2v) is 9.79. The molecule has 0 radical (unpaired) electrons. The SMILES string of the molecule is O=C(Nc1cccc(C(=O)N2CCC(C(=O)NCC3CCCCC3)CC2)c1)c1ccc(Cl)cc1. The maximum atomic E-state index is 13.1. The largest absolute Gasteiger partial charge is 0.356 e. The van der Waals surface area contributed by atoms with Gasteiger partial charge in [0.25, 0.3) is 11.8 Å². The number of nitrogens with zero attached hydrogens (tertiary/aromatic N) is 1. The van der Waals surface area contributed by atoms with Gasteiger partial charge in [-0.15, -0.1) is 0 Å². The number of piperidine rings is 1. The first kappa shape index (κ1) is 24.3. The molecule has 1 saturated carbocycles. The molecular weight excluding hydrogens is 450 g/mol. The lowest BCUT2D eigenvalue weighted by atomic mass is 9.89. The molecule has 0 spiro atoms. The summed E-state index contributed by atoms with van der Waals surface area (Å²) in [6.45, 7) is 1.90. The lowest BCUT2D eigenvalue weighted by molar-refractivity contribution is -0.126. The number of nitrogens with one attached hydrogen (secondary N) is 2. The van der Waals surface area contributed by atoms with Gasteiger partial charge < -0.3 is 15.5 Å². The minimum atomic E-state index is -0.263. The smallest absolute Gasteiger partial charge is 0.255 e. The summed E-state index contributed by atoms with van der Waals surface area (Å²) in [5, 5.41) is 6.55. The molecule has 0 bridgehead atoms. The molecule has 1 heterocycles. The fourth-order valence-corrected chi connectivity index (χ4v) is 4.97. The van der Waals surface area contributed by atoms with Gasteiger partial charge in [0.1, 0.15) is 0 Å². The predicted molar refractivity (Wildman–Crippen MR) is 134 cm³/mol. The summed E-state index contributed by atoms with van der Waals surface area (Å²) >= 11 is 5.88. The number of likely N-dealkylation sites (tertiary alicyclic amines) is 1. The zero-order chi connectivity index (χ0) is 23.9. The number of hydrogen-bond donors (Lipinski definition) is 2.